The lowest BCUT2D eigenvalue weighted by molar-refractivity contribution is -0.148. The quantitative estimate of drug-likeness (QED) is 0.645. The van der Waals surface area contributed by atoms with E-state index in [2.05, 4.69) is 5.09 Å². The van der Waals surface area contributed by atoms with Gasteiger partial charge in [-0.3, -0.25) is 4.79 Å². The van der Waals surface area contributed by atoms with Crippen LogP contribution in [0.1, 0.15) is 20.8 Å². The van der Waals surface area contributed by atoms with Gasteiger partial charge in [-0.15, -0.1) is 0 Å². The molecule has 1 aromatic rings. The van der Waals surface area contributed by atoms with Crippen molar-refractivity contribution in [3.05, 3.63) is 30.3 Å². The smallest absolute Gasteiger partial charge is 0.409 e. The minimum Gasteiger partial charge on any atom is -0.462 e. The summed E-state index contributed by atoms with van der Waals surface area (Å²) in [5, 5.41) is 2.43. The molecule has 1 N–H and O–H groups in total. The third kappa shape index (κ3) is 6.10. The van der Waals surface area contributed by atoms with Crippen molar-refractivity contribution in [2.75, 3.05) is 0 Å². The lowest BCUT2D eigenvalue weighted by Gasteiger charge is -2.19. The predicted octanol–water partition coefficient (Wildman–Crippen LogP) is 3.34. The summed E-state index contributed by atoms with van der Waals surface area (Å²) in [6.07, 6.45) is -0.249. The van der Waals surface area contributed by atoms with E-state index >= 15 is 0 Å². The minimum absolute atomic E-state index is 0.249. The number of hydrogen-bond donors (Lipinski definition) is 1. The number of halogens is 1. The Balaban J connectivity index is 2.59. The molecule has 0 bridgehead atoms. The second-order valence-electron chi connectivity index (χ2n) is 4.22. The molecule has 106 valence electrons. The molecule has 7 heteroatoms. The van der Waals surface area contributed by atoms with E-state index in [1.165, 1.54) is 6.92 Å². The number of para-hydroxylation sites is 1. The van der Waals surface area contributed by atoms with Gasteiger partial charge < -0.3 is 9.26 Å². The largest absolute Gasteiger partial charge is 0.462 e. The van der Waals surface area contributed by atoms with Crippen LogP contribution in [0.15, 0.2) is 30.3 Å². The fourth-order valence-corrected chi connectivity index (χ4v) is 2.95. The summed E-state index contributed by atoms with van der Waals surface area (Å²) in [6.45, 7) is 1.32. The van der Waals surface area contributed by atoms with Crippen molar-refractivity contribution in [2.45, 2.75) is 32.9 Å². The summed E-state index contributed by atoms with van der Waals surface area (Å²) in [6, 6.07) is 7.66. The van der Waals surface area contributed by atoms with Crippen LogP contribution >= 0.6 is 18.1 Å². The maximum atomic E-state index is 12.0. The Morgan fingerprint density at radius 1 is 1.26 bits per heavy atom. The van der Waals surface area contributed by atoms with Crippen molar-refractivity contribution < 1.29 is 18.6 Å². The van der Waals surface area contributed by atoms with Crippen molar-refractivity contribution in [1.82, 2.24) is 5.09 Å². The van der Waals surface area contributed by atoms with Crippen molar-refractivity contribution in [3.63, 3.8) is 0 Å². The van der Waals surface area contributed by atoms with Gasteiger partial charge in [-0.2, -0.15) is 0 Å². The number of carbonyl (C=O) groups is 1. The van der Waals surface area contributed by atoms with Crippen molar-refractivity contribution >= 4 is 24.1 Å². The summed E-state index contributed by atoms with van der Waals surface area (Å²) in [5.41, 5.74) is 0. The molecule has 0 heterocycles. The standard InChI is InChI=1S/C12H17ClNO4P/c1-9(2)17-12(15)10(3)14-19(13,16)18-11-7-5-4-6-8-11/h4-10H,1-3H3,(H,14,16)/t10-,19+/m1/s1. The first-order valence-electron chi connectivity index (χ1n) is 5.83. The number of nitrogens with one attached hydrogen (secondary N) is 1. The van der Waals surface area contributed by atoms with Crippen molar-refractivity contribution in [3.8, 4) is 5.75 Å². The van der Waals surface area contributed by atoms with E-state index in [1.807, 2.05) is 0 Å². The molecule has 1 aromatic carbocycles. The van der Waals surface area contributed by atoms with Crippen LogP contribution in [0, 0.1) is 0 Å². The molecule has 0 saturated heterocycles. The van der Waals surface area contributed by atoms with E-state index in [0.717, 1.165) is 0 Å². The Morgan fingerprint density at radius 2 is 1.84 bits per heavy atom. The molecule has 0 amide bonds. The Morgan fingerprint density at radius 3 is 2.37 bits per heavy atom. The van der Waals surface area contributed by atoms with E-state index in [1.54, 1.807) is 44.2 Å². The lowest BCUT2D eigenvalue weighted by Crippen LogP contribution is -2.34. The molecule has 0 radical (unpaired) electrons. The first kappa shape index (κ1) is 16.0. The van der Waals surface area contributed by atoms with E-state index in [-0.39, 0.29) is 6.10 Å². The molecular formula is C12H17ClNO4P. The zero-order valence-corrected chi connectivity index (χ0v) is 12.6. The van der Waals surface area contributed by atoms with Gasteiger partial charge in [-0.05, 0) is 32.9 Å². The van der Waals surface area contributed by atoms with Crippen LogP contribution in [0.5, 0.6) is 5.75 Å². The monoisotopic (exact) mass is 305 g/mol. The highest BCUT2D eigenvalue weighted by molar-refractivity contribution is 7.84. The van der Waals surface area contributed by atoms with Gasteiger partial charge in [-0.25, -0.2) is 9.65 Å². The summed E-state index contributed by atoms with van der Waals surface area (Å²) < 4.78 is 22.1. The fourth-order valence-electron chi connectivity index (χ4n) is 1.26. The van der Waals surface area contributed by atoms with E-state index < -0.39 is 18.9 Å². The van der Waals surface area contributed by atoms with E-state index in [4.69, 9.17) is 20.5 Å². The highest BCUT2D eigenvalue weighted by atomic mass is 35.7. The van der Waals surface area contributed by atoms with Gasteiger partial charge in [0.2, 0.25) is 0 Å². The topological polar surface area (TPSA) is 64.6 Å². The van der Waals surface area contributed by atoms with Crippen LogP contribution in [0.25, 0.3) is 0 Å². The second-order valence-corrected chi connectivity index (χ2v) is 6.96. The van der Waals surface area contributed by atoms with Crippen molar-refractivity contribution in [1.29, 1.82) is 0 Å². The molecule has 19 heavy (non-hydrogen) atoms. The third-order valence-electron chi connectivity index (χ3n) is 2.02. The summed E-state index contributed by atoms with van der Waals surface area (Å²) in [7, 11) is 0. The average Bonchev–Trinajstić information content (AvgIpc) is 2.27. The number of benzene rings is 1. The minimum atomic E-state index is -3.65. The zero-order valence-electron chi connectivity index (χ0n) is 11.0. The highest BCUT2D eigenvalue weighted by Gasteiger charge is 2.28. The predicted molar refractivity (Wildman–Crippen MR) is 74.4 cm³/mol. The molecule has 0 saturated carbocycles. The molecule has 0 fully saturated rings. The molecule has 0 spiro atoms. The maximum Gasteiger partial charge on any atom is 0.409 e. The van der Waals surface area contributed by atoms with Crippen LogP contribution in [0.4, 0.5) is 0 Å². The third-order valence-corrected chi connectivity index (χ3v) is 3.66. The number of esters is 1. The summed E-state index contributed by atoms with van der Waals surface area (Å²) in [4.78, 5) is 11.6. The summed E-state index contributed by atoms with van der Waals surface area (Å²) in [5.74, 6) is -0.176. The van der Waals surface area contributed by atoms with Gasteiger partial charge in [0, 0.05) is 11.2 Å². The second kappa shape index (κ2) is 6.94. The average molecular weight is 306 g/mol. The fraction of sp³-hybridized carbons (Fsp3) is 0.417. The number of rotatable bonds is 6. The van der Waals surface area contributed by atoms with E-state index in [9.17, 15) is 9.36 Å². The molecule has 0 aliphatic heterocycles. The Kier molecular flexibility index (Phi) is 5.85. The van der Waals surface area contributed by atoms with Crippen LogP contribution in [0.3, 0.4) is 0 Å². The SMILES string of the molecule is CC(C)OC(=O)[C@@H](C)N[P@](=O)(Cl)Oc1ccccc1. The number of hydrogen-bond acceptors (Lipinski definition) is 4. The van der Waals surface area contributed by atoms with Crippen LogP contribution in [-0.4, -0.2) is 18.1 Å². The van der Waals surface area contributed by atoms with Gasteiger partial charge >= 0.3 is 12.8 Å². The molecule has 0 aliphatic carbocycles. The Hall–Kier alpha value is -1.03. The molecule has 5 nitrogen and oxygen atoms in total. The normalized spacial score (nSPS) is 15.6. The first-order valence-corrected chi connectivity index (χ1v) is 8.36. The van der Waals surface area contributed by atoms with Gasteiger partial charge in [0.15, 0.2) is 0 Å². The van der Waals surface area contributed by atoms with Crippen LogP contribution in [0.2, 0.25) is 0 Å². The Bertz CT molecular complexity index is 466. The highest BCUT2D eigenvalue weighted by Crippen LogP contribution is 2.48. The maximum absolute atomic E-state index is 12.0. The van der Waals surface area contributed by atoms with Crippen LogP contribution in [-0.2, 0) is 14.1 Å². The van der Waals surface area contributed by atoms with Crippen LogP contribution < -0.4 is 9.61 Å². The molecule has 1 rings (SSSR count). The van der Waals surface area contributed by atoms with E-state index in [0.29, 0.717) is 5.75 Å². The Labute approximate surface area is 117 Å². The van der Waals surface area contributed by atoms with Gasteiger partial charge in [-0.1, -0.05) is 18.2 Å². The number of carbonyl (C=O) groups excluding carboxylic acids is 1. The zero-order chi connectivity index (χ0) is 14.5. The number of ether oxygens (including phenoxy) is 1. The molecule has 0 aromatic heterocycles. The lowest BCUT2D eigenvalue weighted by atomic mass is 10.3. The van der Waals surface area contributed by atoms with Gasteiger partial charge in [0.1, 0.15) is 11.8 Å². The van der Waals surface area contributed by atoms with Gasteiger partial charge in [0.25, 0.3) is 0 Å². The molecule has 0 aliphatic rings. The van der Waals surface area contributed by atoms with Crippen molar-refractivity contribution in [2.24, 2.45) is 0 Å². The molecule has 2 atom stereocenters. The van der Waals surface area contributed by atoms with Gasteiger partial charge in [0.05, 0.1) is 6.10 Å². The molecular weight excluding hydrogens is 289 g/mol. The molecule has 0 unspecified atom stereocenters. The first-order chi connectivity index (χ1) is 8.80. The summed E-state index contributed by atoms with van der Waals surface area (Å²) >= 11 is 5.76.